The Morgan fingerprint density at radius 3 is 2.41 bits per heavy atom. The monoisotopic (exact) mass is 427 g/mol. The zero-order valence-electron chi connectivity index (χ0n) is 15.2. The van der Waals surface area contributed by atoms with Crippen molar-refractivity contribution in [2.24, 2.45) is 5.73 Å². The standard InChI is InChI=1S/C19H17F4N3O2S/c1-29(27,28)15-4-2-12(3-5-15)16-8-13(19(21,22)23)9-17-18(16)25-11-26(17)10-14(20)6-7-24/h2-6,8-9,11H,7,10,24H2,1H3/b14-6-. The van der Waals surface area contributed by atoms with Crippen LogP contribution in [0.1, 0.15) is 5.56 Å². The highest BCUT2D eigenvalue weighted by Crippen LogP contribution is 2.37. The van der Waals surface area contributed by atoms with Crippen LogP contribution in [0.2, 0.25) is 0 Å². The molecule has 3 aromatic rings. The molecule has 5 nitrogen and oxygen atoms in total. The Morgan fingerprint density at radius 2 is 1.86 bits per heavy atom. The van der Waals surface area contributed by atoms with Gasteiger partial charge in [-0.15, -0.1) is 0 Å². The van der Waals surface area contributed by atoms with Crippen LogP contribution in [0.3, 0.4) is 0 Å². The summed E-state index contributed by atoms with van der Waals surface area (Å²) in [6.07, 6.45) is -1.21. The van der Waals surface area contributed by atoms with Gasteiger partial charge in [-0.1, -0.05) is 12.1 Å². The zero-order chi connectivity index (χ0) is 21.4. The number of benzene rings is 2. The second kappa shape index (κ2) is 7.60. The molecule has 2 aromatic carbocycles. The topological polar surface area (TPSA) is 78.0 Å². The average molecular weight is 427 g/mol. The van der Waals surface area contributed by atoms with Gasteiger partial charge in [0.2, 0.25) is 0 Å². The molecule has 154 valence electrons. The molecule has 0 fully saturated rings. The number of hydrogen-bond donors (Lipinski definition) is 1. The summed E-state index contributed by atoms with van der Waals surface area (Å²) in [5.41, 5.74) is 5.21. The fourth-order valence-corrected chi connectivity index (χ4v) is 3.54. The lowest BCUT2D eigenvalue weighted by atomic mass is 10.0. The van der Waals surface area contributed by atoms with Crippen LogP contribution in [0.25, 0.3) is 22.2 Å². The van der Waals surface area contributed by atoms with Crippen LogP contribution in [0.15, 0.2) is 59.5 Å². The van der Waals surface area contributed by atoms with Gasteiger partial charge in [0, 0.05) is 18.4 Å². The van der Waals surface area contributed by atoms with Gasteiger partial charge in [-0.3, -0.25) is 0 Å². The highest BCUT2D eigenvalue weighted by Gasteiger charge is 2.32. The van der Waals surface area contributed by atoms with Crippen molar-refractivity contribution in [3.63, 3.8) is 0 Å². The molecular weight excluding hydrogens is 410 g/mol. The van der Waals surface area contributed by atoms with Crippen LogP contribution < -0.4 is 5.73 Å². The quantitative estimate of drug-likeness (QED) is 0.626. The van der Waals surface area contributed by atoms with E-state index in [1.807, 2.05) is 0 Å². The van der Waals surface area contributed by atoms with Gasteiger partial charge in [0.05, 0.1) is 34.4 Å². The number of alkyl halides is 3. The molecule has 0 atom stereocenters. The molecule has 0 amide bonds. The highest BCUT2D eigenvalue weighted by molar-refractivity contribution is 7.90. The summed E-state index contributed by atoms with van der Waals surface area (Å²) < 4.78 is 78.7. The van der Waals surface area contributed by atoms with E-state index in [9.17, 15) is 26.0 Å². The summed E-state index contributed by atoms with van der Waals surface area (Å²) in [5.74, 6) is -0.594. The van der Waals surface area contributed by atoms with Gasteiger partial charge >= 0.3 is 6.18 Å². The summed E-state index contributed by atoms with van der Waals surface area (Å²) in [6.45, 7) is -0.342. The first kappa shape index (κ1) is 21.0. The van der Waals surface area contributed by atoms with E-state index in [1.54, 1.807) is 0 Å². The molecule has 1 aromatic heterocycles. The minimum absolute atomic E-state index is 0.0375. The van der Waals surface area contributed by atoms with Crippen molar-refractivity contribution < 1.29 is 26.0 Å². The zero-order valence-corrected chi connectivity index (χ0v) is 16.1. The van der Waals surface area contributed by atoms with Crippen LogP contribution in [-0.2, 0) is 22.6 Å². The van der Waals surface area contributed by atoms with Gasteiger partial charge in [-0.2, -0.15) is 13.2 Å². The van der Waals surface area contributed by atoms with Crippen molar-refractivity contribution in [2.75, 3.05) is 12.8 Å². The number of sulfone groups is 1. The SMILES string of the molecule is CS(=O)(=O)c1ccc(-c2cc(C(F)(F)F)cc3c2ncn3C/C(F)=C/CN)cc1. The number of halogens is 4. The third kappa shape index (κ3) is 4.48. The fraction of sp³-hybridized carbons (Fsp3) is 0.211. The maximum Gasteiger partial charge on any atom is 0.416 e. The molecule has 29 heavy (non-hydrogen) atoms. The Bertz CT molecular complexity index is 1180. The summed E-state index contributed by atoms with van der Waals surface area (Å²) in [5, 5.41) is 0. The van der Waals surface area contributed by atoms with Gasteiger partial charge in [-0.05, 0) is 35.9 Å². The molecule has 0 saturated heterocycles. The smallest absolute Gasteiger partial charge is 0.327 e. The van der Waals surface area contributed by atoms with Crippen molar-refractivity contribution in [3.8, 4) is 11.1 Å². The van der Waals surface area contributed by atoms with Crippen LogP contribution in [-0.4, -0.2) is 30.8 Å². The van der Waals surface area contributed by atoms with E-state index in [0.717, 1.165) is 24.5 Å². The molecule has 0 unspecified atom stereocenters. The van der Waals surface area contributed by atoms with E-state index in [1.165, 1.54) is 35.2 Å². The molecule has 0 radical (unpaired) electrons. The van der Waals surface area contributed by atoms with Gasteiger partial charge in [0.1, 0.15) is 5.83 Å². The molecule has 3 rings (SSSR count). The van der Waals surface area contributed by atoms with Crippen LogP contribution in [0.5, 0.6) is 0 Å². The van der Waals surface area contributed by atoms with Crippen LogP contribution >= 0.6 is 0 Å². The summed E-state index contributed by atoms with van der Waals surface area (Å²) in [6, 6.07) is 7.32. The number of imidazole rings is 1. The number of aromatic nitrogens is 2. The normalized spacial score (nSPS) is 13.2. The number of rotatable bonds is 5. The molecule has 2 N–H and O–H groups in total. The first-order valence-electron chi connectivity index (χ1n) is 8.42. The number of nitrogens with zero attached hydrogens (tertiary/aromatic N) is 2. The molecule has 0 spiro atoms. The lowest BCUT2D eigenvalue weighted by Crippen LogP contribution is -2.06. The number of nitrogens with two attached hydrogens (primary N) is 1. The second-order valence-corrected chi connectivity index (χ2v) is 8.46. The second-order valence-electron chi connectivity index (χ2n) is 6.45. The summed E-state index contributed by atoms with van der Waals surface area (Å²) in [7, 11) is -3.45. The fourth-order valence-electron chi connectivity index (χ4n) is 2.91. The maximum atomic E-state index is 13.9. The van der Waals surface area contributed by atoms with E-state index in [-0.39, 0.29) is 34.6 Å². The predicted molar refractivity (Wildman–Crippen MR) is 102 cm³/mol. The molecule has 0 bridgehead atoms. The van der Waals surface area contributed by atoms with E-state index < -0.39 is 27.4 Å². The minimum Gasteiger partial charge on any atom is -0.327 e. The number of hydrogen-bond acceptors (Lipinski definition) is 4. The summed E-state index contributed by atoms with van der Waals surface area (Å²) >= 11 is 0. The Hall–Kier alpha value is -2.72. The number of allylic oxidation sites excluding steroid dienone is 1. The van der Waals surface area contributed by atoms with E-state index in [2.05, 4.69) is 4.98 Å². The predicted octanol–water partition coefficient (Wildman–Crippen LogP) is 3.94. The van der Waals surface area contributed by atoms with Crippen molar-refractivity contribution in [1.29, 1.82) is 0 Å². The third-order valence-electron chi connectivity index (χ3n) is 4.31. The Kier molecular flexibility index (Phi) is 5.50. The van der Waals surface area contributed by atoms with Crippen molar-refractivity contribution in [2.45, 2.75) is 17.6 Å². The van der Waals surface area contributed by atoms with Crippen LogP contribution in [0, 0.1) is 0 Å². The molecule has 0 aliphatic heterocycles. The molecule has 1 heterocycles. The first-order valence-corrected chi connectivity index (χ1v) is 10.3. The molecule has 0 aliphatic rings. The summed E-state index contributed by atoms with van der Waals surface area (Å²) in [4.78, 5) is 4.20. The van der Waals surface area contributed by atoms with Crippen molar-refractivity contribution >= 4 is 20.9 Å². The molecule has 10 heteroatoms. The highest BCUT2D eigenvalue weighted by atomic mass is 32.2. The number of fused-ring (bicyclic) bond motifs is 1. The Labute approximate surface area is 164 Å². The third-order valence-corrected chi connectivity index (χ3v) is 5.44. The molecule has 0 aliphatic carbocycles. The minimum atomic E-state index is -4.63. The van der Waals surface area contributed by atoms with Gasteiger partial charge in [-0.25, -0.2) is 17.8 Å². The van der Waals surface area contributed by atoms with Gasteiger partial charge < -0.3 is 10.3 Å². The van der Waals surface area contributed by atoms with E-state index in [4.69, 9.17) is 5.73 Å². The van der Waals surface area contributed by atoms with Gasteiger partial charge in [0.15, 0.2) is 9.84 Å². The van der Waals surface area contributed by atoms with Gasteiger partial charge in [0.25, 0.3) is 0 Å². The first-order chi connectivity index (χ1) is 13.5. The lowest BCUT2D eigenvalue weighted by Gasteiger charge is -2.12. The van der Waals surface area contributed by atoms with Crippen molar-refractivity contribution in [3.05, 3.63) is 60.2 Å². The largest absolute Gasteiger partial charge is 0.416 e. The Morgan fingerprint density at radius 1 is 1.21 bits per heavy atom. The van der Waals surface area contributed by atoms with E-state index in [0.29, 0.717) is 5.56 Å². The van der Waals surface area contributed by atoms with Crippen molar-refractivity contribution in [1.82, 2.24) is 9.55 Å². The average Bonchev–Trinajstić information content (AvgIpc) is 3.02. The Balaban J connectivity index is 2.20. The molecule has 0 saturated carbocycles. The maximum absolute atomic E-state index is 13.9. The van der Waals surface area contributed by atoms with E-state index >= 15 is 0 Å². The lowest BCUT2D eigenvalue weighted by molar-refractivity contribution is -0.137. The molecular formula is C19H17F4N3O2S. The van der Waals surface area contributed by atoms with Crippen LogP contribution in [0.4, 0.5) is 17.6 Å².